The molecule has 0 aliphatic carbocycles. The van der Waals surface area contributed by atoms with Crippen LogP contribution in [0.3, 0.4) is 0 Å². The first-order valence-corrected chi connectivity index (χ1v) is 5.23. The van der Waals surface area contributed by atoms with E-state index in [2.05, 4.69) is 10.2 Å². The molecule has 2 rings (SSSR count). The Morgan fingerprint density at radius 2 is 2.06 bits per heavy atom. The van der Waals surface area contributed by atoms with E-state index in [1.54, 1.807) is 20.1 Å². The fourth-order valence-electron chi connectivity index (χ4n) is 1.89. The highest BCUT2D eigenvalue weighted by molar-refractivity contribution is 5.75. The highest BCUT2D eigenvalue weighted by Crippen LogP contribution is 2.39. The number of nitrogen functional groups attached to an aromatic ring is 1. The van der Waals surface area contributed by atoms with Gasteiger partial charge in [0.05, 0.1) is 12.8 Å². The molecular weight excluding hydrogens is 218 g/mol. The molecule has 0 saturated carbocycles. The van der Waals surface area contributed by atoms with Crippen LogP contribution in [0.25, 0.3) is 11.3 Å². The molecule has 0 bridgehead atoms. The summed E-state index contributed by atoms with van der Waals surface area (Å²) in [4.78, 5) is 0. The van der Waals surface area contributed by atoms with E-state index in [0.29, 0.717) is 28.4 Å². The summed E-state index contributed by atoms with van der Waals surface area (Å²) in [5.41, 5.74) is 8.55. The number of aromatic amines is 1. The molecule has 17 heavy (non-hydrogen) atoms. The maximum Gasteiger partial charge on any atom is 0.145 e. The Balaban J connectivity index is 2.66. The Morgan fingerprint density at radius 3 is 2.59 bits per heavy atom. The predicted molar refractivity (Wildman–Crippen MR) is 66.1 cm³/mol. The van der Waals surface area contributed by atoms with E-state index in [1.165, 1.54) is 0 Å². The molecular formula is C12H15N3O2. The van der Waals surface area contributed by atoms with Gasteiger partial charge in [0.2, 0.25) is 0 Å². The summed E-state index contributed by atoms with van der Waals surface area (Å²) in [6.07, 6.45) is 0. The van der Waals surface area contributed by atoms with Crippen molar-refractivity contribution in [2.45, 2.75) is 13.8 Å². The zero-order valence-electron chi connectivity index (χ0n) is 10.0. The lowest BCUT2D eigenvalue weighted by atomic mass is 10.00. The number of nitrogens with two attached hydrogens (primary N) is 1. The maximum absolute atomic E-state index is 10.2. The van der Waals surface area contributed by atoms with Crippen molar-refractivity contribution in [2.24, 2.45) is 0 Å². The summed E-state index contributed by atoms with van der Waals surface area (Å²) in [6.45, 7) is 3.70. The lowest BCUT2D eigenvalue weighted by Crippen LogP contribution is -1.93. The monoisotopic (exact) mass is 233 g/mol. The average Bonchev–Trinajstić information content (AvgIpc) is 2.70. The molecule has 0 radical (unpaired) electrons. The summed E-state index contributed by atoms with van der Waals surface area (Å²) in [5.74, 6) is 1.24. The first-order valence-electron chi connectivity index (χ1n) is 5.23. The molecule has 0 aliphatic rings. The number of aryl methyl sites for hydroxylation is 1. The van der Waals surface area contributed by atoms with Gasteiger partial charge in [0.15, 0.2) is 0 Å². The van der Waals surface area contributed by atoms with Crippen molar-refractivity contribution in [3.63, 3.8) is 0 Å². The van der Waals surface area contributed by atoms with Crippen LogP contribution in [0, 0.1) is 13.8 Å². The number of nitrogens with zero attached hydrogens (tertiary/aromatic N) is 1. The third kappa shape index (κ3) is 1.80. The van der Waals surface area contributed by atoms with Crippen LogP contribution in [0.2, 0.25) is 0 Å². The molecule has 0 aliphatic heterocycles. The van der Waals surface area contributed by atoms with Crippen LogP contribution in [0.1, 0.15) is 11.1 Å². The summed E-state index contributed by atoms with van der Waals surface area (Å²) in [6, 6.07) is 3.56. The molecule has 0 amide bonds. The van der Waals surface area contributed by atoms with Crippen molar-refractivity contribution in [3.05, 3.63) is 23.3 Å². The van der Waals surface area contributed by atoms with E-state index >= 15 is 0 Å². The van der Waals surface area contributed by atoms with Gasteiger partial charge in [-0.1, -0.05) is 0 Å². The Hall–Kier alpha value is -2.17. The second kappa shape index (κ2) is 4.01. The Morgan fingerprint density at radius 1 is 1.35 bits per heavy atom. The Labute approximate surface area is 99.2 Å². The zero-order chi connectivity index (χ0) is 12.6. The lowest BCUT2D eigenvalue weighted by molar-refractivity contribution is 0.403. The number of phenols is 1. The number of methoxy groups -OCH3 is 1. The van der Waals surface area contributed by atoms with Gasteiger partial charge in [-0.15, -0.1) is 0 Å². The van der Waals surface area contributed by atoms with Crippen LogP contribution in [0.4, 0.5) is 5.82 Å². The van der Waals surface area contributed by atoms with Gasteiger partial charge < -0.3 is 15.6 Å². The second-order valence-corrected chi connectivity index (χ2v) is 3.95. The van der Waals surface area contributed by atoms with Gasteiger partial charge in [-0.2, -0.15) is 5.10 Å². The number of aromatic nitrogens is 2. The van der Waals surface area contributed by atoms with E-state index in [4.69, 9.17) is 10.5 Å². The number of ether oxygens (including phenoxy) is 1. The highest BCUT2D eigenvalue weighted by atomic mass is 16.5. The lowest BCUT2D eigenvalue weighted by Gasteiger charge is -2.13. The second-order valence-electron chi connectivity index (χ2n) is 3.95. The summed E-state index contributed by atoms with van der Waals surface area (Å²) in [7, 11) is 1.58. The number of hydrogen-bond donors (Lipinski definition) is 3. The smallest absolute Gasteiger partial charge is 0.145 e. The van der Waals surface area contributed by atoms with Gasteiger partial charge in [-0.25, -0.2) is 0 Å². The van der Waals surface area contributed by atoms with E-state index in [9.17, 15) is 5.11 Å². The van der Waals surface area contributed by atoms with Crippen LogP contribution in [0.15, 0.2) is 12.1 Å². The summed E-state index contributed by atoms with van der Waals surface area (Å²) >= 11 is 0. The number of benzene rings is 1. The molecule has 1 heterocycles. The van der Waals surface area contributed by atoms with Crippen LogP contribution in [0.5, 0.6) is 11.5 Å². The molecule has 0 unspecified atom stereocenters. The Bertz CT molecular complexity index is 561. The third-order valence-corrected chi connectivity index (χ3v) is 2.79. The number of phenolic OH excluding ortho intramolecular Hbond substituents is 1. The first-order chi connectivity index (χ1) is 8.04. The minimum Gasteiger partial charge on any atom is -0.507 e. The average molecular weight is 233 g/mol. The zero-order valence-corrected chi connectivity index (χ0v) is 10.0. The quantitative estimate of drug-likeness (QED) is 0.740. The van der Waals surface area contributed by atoms with Gasteiger partial charge in [0.25, 0.3) is 0 Å². The molecule has 1 aromatic heterocycles. The van der Waals surface area contributed by atoms with Crippen molar-refractivity contribution >= 4 is 5.82 Å². The van der Waals surface area contributed by atoms with E-state index in [0.717, 1.165) is 5.56 Å². The number of hydrogen-bond acceptors (Lipinski definition) is 4. The maximum atomic E-state index is 10.2. The van der Waals surface area contributed by atoms with E-state index in [-0.39, 0.29) is 5.75 Å². The number of anilines is 1. The highest BCUT2D eigenvalue weighted by Gasteiger charge is 2.16. The van der Waals surface area contributed by atoms with Gasteiger partial charge in [0.1, 0.15) is 17.3 Å². The molecule has 0 fully saturated rings. The largest absolute Gasteiger partial charge is 0.507 e. The number of aromatic hydroxyl groups is 1. The van der Waals surface area contributed by atoms with E-state index < -0.39 is 0 Å². The summed E-state index contributed by atoms with van der Waals surface area (Å²) in [5, 5.41) is 16.8. The standard InChI is InChI=1S/C12H15N3O2/c1-6-4-9(17-3)7(2)12(16)11(6)8-5-10(13)15-14-8/h4-5,16H,1-3H3,(H3,13,14,15). The molecule has 5 heteroatoms. The SMILES string of the molecule is COc1cc(C)c(-c2cc(N)n[nH]2)c(O)c1C. The normalized spacial score (nSPS) is 10.5. The van der Waals surface area contributed by atoms with Crippen molar-refractivity contribution in [3.8, 4) is 22.8 Å². The number of rotatable bonds is 2. The van der Waals surface area contributed by atoms with Crippen molar-refractivity contribution in [1.82, 2.24) is 10.2 Å². The van der Waals surface area contributed by atoms with Crippen LogP contribution < -0.4 is 10.5 Å². The summed E-state index contributed by atoms with van der Waals surface area (Å²) < 4.78 is 5.19. The van der Waals surface area contributed by atoms with Crippen LogP contribution in [-0.2, 0) is 0 Å². The third-order valence-electron chi connectivity index (χ3n) is 2.79. The topological polar surface area (TPSA) is 84.2 Å². The number of nitrogens with one attached hydrogen (secondary N) is 1. The molecule has 1 aromatic carbocycles. The van der Waals surface area contributed by atoms with Gasteiger partial charge in [-0.05, 0) is 25.5 Å². The fraction of sp³-hybridized carbons (Fsp3) is 0.250. The van der Waals surface area contributed by atoms with Gasteiger partial charge in [-0.3, -0.25) is 5.10 Å². The molecule has 0 atom stereocenters. The molecule has 5 nitrogen and oxygen atoms in total. The van der Waals surface area contributed by atoms with Gasteiger partial charge >= 0.3 is 0 Å². The molecule has 4 N–H and O–H groups in total. The minimum absolute atomic E-state index is 0.186. The number of H-pyrrole nitrogens is 1. The van der Waals surface area contributed by atoms with E-state index in [1.807, 2.05) is 13.0 Å². The predicted octanol–water partition coefficient (Wildman–Crippen LogP) is 1.99. The Kier molecular flexibility index (Phi) is 2.67. The van der Waals surface area contributed by atoms with Crippen LogP contribution in [-0.4, -0.2) is 22.4 Å². The van der Waals surface area contributed by atoms with Crippen molar-refractivity contribution < 1.29 is 9.84 Å². The van der Waals surface area contributed by atoms with Crippen molar-refractivity contribution in [1.29, 1.82) is 0 Å². The molecule has 90 valence electrons. The first kappa shape index (κ1) is 11.3. The molecule has 0 spiro atoms. The molecule has 2 aromatic rings. The molecule has 0 saturated heterocycles. The van der Waals surface area contributed by atoms with Crippen LogP contribution >= 0.6 is 0 Å². The van der Waals surface area contributed by atoms with Gasteiger partial charge in [0, 0.05) is 17.2 Å². The fourth-order valence-corrected chi connectivity index (χ4v) is 1.89. The minimum atomic E-state index is 0.186. The van der Waals surface area contributed by atoms with Crippen molar-refractivity contribution in [2.75, 3.05) is 12.8 Å².